The van der Waals surface area contributed by atoms with Gasteiger partial charge in [0, 0.05) is 32.2 Å². The third-order valence-corrected chi connectivity index (χ3v) is 5.99. The highest BCUT2D eigenvalue weighted by Gasteiger charge is 2.30. The number of nitrogens with one attached hydrogen (secondary N) is 1. The SMILES string of the molecule is CN1CC(O)CC1CNC(=O)C(=O)N1CC=C(c2cccc3ccccc23)CC1. The van der Waals surface area contributed by atoms with Gasteiger partial charge in [0.2, 0.25) is 0 Å². The quantitative estimate of drug-likeness (QED) is 0.778. The molecule has 0 spiro atoms. The average molecular weight is 393 g/mol. The zero-order valence-corrected chi connectivity index (χ0v) is 16.7. The number of carbonyl (C=O) groups excluding carboxylic acids is 2. The van der Waals surface area contributed by atoms with E-state index in [0.717, 1.165) is 6.42 Å². The maximum absolute atomic E-state index is 12.5. The number of hydrogen-bond donors (Lipinski definition) is 2. The van der Waals surface area contributed by atoms with Crippen molar-refractivity contribution in [3.05, 3.63) is 54.1 Å². The van der Waals surface area contributed by atoms with Crippen LogP contribution in [-0.2, 0) is 9.59 Å². The van der Waals surface area contributed by atoms with E-state index in [1.807, 2.05) is 24.1 Å². The molecule has 1 fully saturated rings. The smallest absolute Gasteiger partial charge is 0.312 e. The molecule has 6 nitrogen and oxygen atoms in total. The van der Waals surface area contributed by atoms with Gasteiger partial charge in [-0.3, -0.25) is 14.5 Å². The third kappa shape index (κ3) is 4.18. The Labute approximate surface area is 170 Å². The molecule has 2 aromatic rings. The number of aliphatic hydroxyl groups excluding tert-OH is 1. The predicted octanol–water partition coefficient (Wildman–Crippen LogP) is 1.64. The van der Waals surface area contributed by atoms with Crippen molar-refractivity contribution in [2.75, 3.05) is 33.2 Å². The number of β-amino-alcohol motifs (C(OH)–C–C–N with tert-alkyl or cyclic N) is 1. The van der Waals surface area contributed by atoms with Crippen LogP contribution in [0, 0.1) is 0 Å². The van der Waals surface area contributed by atoms with Gasteiger partial charge < -0.3 is 15.3 Å². The van der Waals surface area contributed by atoms with Crippen molar-refractivity contribution in [1.82, 2.24) is 15.1 Å². The first kappa shape index (κ1) is 19.6. The second kappa shape index (κ2) is 8.35. The van der Waals surface area contributed by atoms with Crippen LogP contribution in [0.25, 0.3) is 16.3 Å². The van der Waals surface area contributed by atoms with E-state index in [1.54, 1.807) is 4.90 Å². The molecule has 0 bridgehead atoms. The van der Waals surface area contributed by atoms with Gasteiger partial charge in [0.15, 0.2) is 0 Å². The lowest BCUT2D eigenvalue weighted by molar-refractivity contribution is -0.145. The summed E-state index contributed by atoms with van der Waals surface area (Å²) >= 11 is 0. The fourth-order valence-corrected chi connectivity index (χ4v) is 4.32. The van der Waals surface area contributed by atoms with Gasteiger partial charge in [0.05, 0.1) is 6.10 Å². The van der Waals surface area contributed by atoms with Crippen molar-refractivity contribution >= 4 is 28.2 Å². The van der Waals surface area contributed by atoms with Crippen molar-refractivity contribution in [3.63, 3.8) is 0 Å². The van der Waals surface area contributed by atoms with Crippen molar-refractivity contribution in [1.29, 1.82) is 0 Å². The molecule has 2 unspecified atom stereocenters. The molecule has 2 heterocycles. The summed E-state index contributed by atoms with van der Waals surface area (Å²) in [7, 11) is 1.92. The second-order valence-corrected chi connectivity index (χ2v) is 7.95. The number of hydrogen-bond acceptors (Lipinski definition) is 4. The van der Waals surface area contributed by atoms with Crippen LogP contribution in [0.3, 0.4) is 0 Å². The molecule has 2 aliphatic rings. The molecule has 2 aromatic carbocycles. The average Bonchev–Trinajstić information content (AvgIpc) is 3.08. The molecule has 29 heavy (non-hydrogen) atoms. The number of fused-ring (bicyclic) bond motifs is 1. The van der Waals surface area contributed by atoms with E-state index in [0.29, 0.717) is 32.6 Å². The maximum atomic E-state index is 12.5. The molecule has 4 rings (SSSR count). The summed E-state index contributed by atoms with van der Waals surface area (Å²) in [6.45, 7) is 1.95. The minimum atomic E-state index is -0.568. The molecule has 0 aromatic heterocycles. The van der Waals surface area contributed by atoms with Gasteiger partial charge in [-0.2, -0.15) is 0 Å². The van der Waals surface area contributed by atoms with E-state index < -0.39 is 11.8 Å². The van der Waals surface area contributed by atoms with Gasteiger partial charge in [-0.25, -0.2) is 0 Å². The Hall–Kier alpha value is -2.70. The fraction of sp³-hybridized carbons (Fsp3) is 0.391. The summed E-state index contributed by atoms with van der Waals surface area (Å²) < 4.78 is 0. The molecular formula is C23H27N3O3. The van der Waals surface area contributed by atoms with Crippen molar-refractivity contribution in [3.8, 4) is 0 Å². The van der Waals surface area contributed by atoms with E-state index in [9.17, 15) is 14.7 Å². The van der Waals surface area contributed by atoms with Crippen LogP contribution in [0.5, 0.6) is 0 Å². The Morgan fingerprint density at radius 1 is 1.17 bits per heavy atom. The monoisotopic (exact) mass is 393 g/mol. The zero-order valence-electron chi connectivity index (χ0n) is 16.7. The highest BCUT2D eigenvalue weighted by Crippen LogP contribution is 2.29. The predicted molar refractivity (Wildman–Crippen MR) is 113 cm³/mol. The maximum Gasteiger partial charge on any atom is 0.312 e. The third-order valence-electron chi connectivity index (χ3n) is 5.99. The topological polar surface area (TPSA) is 72.9 Å². The lowest BCUT2D eigenvalue weighted by Crippen LogP contribution is -2.47. The highest BCUT2D eigenvalue weighted by molar-refractivity contribution is 6.35. The number of benzene rings is 2. The van der Waals surface area contributed by atoms with E-state index in [1.165, 1.54) is 21.9 Å². The van der Waals surface area contributed by atoms with Gasteiger partial charge in [-0.1, -0.05) is 48.5 Å². The first-order valence-electron chi connectivity index (χ1n) is 10.2. The zero-order chi connectivity index (χ0) is 20.4. The highest BCUT2D eigenvalue weighted by atomic mass is 16.3. The van der Waals surface area contributed by atoms with Crippen molar-refractivity contribution in [2.45, 2.75) is 25.0 Å². The van der Waals surface area contributed by atoms with Crippen LogP contribution in [0.1, 0.15) is 18.4 Å². The van der Waals surface area contributed by atoms with Gasteiger partial charge in [-0.15, -0.1) is 0 Å². The lowest BCUT2D eigenvalue weighted by atomic mass is 9.94. The van der Waals surface area contributed by atoms with Gasteiger partial charge in [0.1, 0.15) is 0 Å². The Morgan fingerprint density at radius 2 is 1.97 bits per heavy atom. The number of likely N-dealkylation sites (N-methyl/N-ethyl adjacent to an activating group) is 1. The largest absolute Gasteiger partial charge is 0.392 e. The van der Waals surface area contributed by atoms with Crippen molar-refractivity contribution < 1.29 is 14.7 Å². The summed E-state index contributed by atoms with van der Waals surface area (Å²) in [6, 6.07) is 14.6. The molecule has 152 valence electrons. The van der Waals surface area contributed by atoms with Crippen LogP contribution in [0.2, 0.25) is 0 Å². The summed E-state index contributed by atoms with van der Waals surface area (Å²) in [5, 5.41) is 14.8. The number of nitrogens with zero attached hydrogens (tertiary/aromatic N) is 2. The molecule has 2 aliphatic heterocycles. The van der Waals surface area contributed by atoms with E-state index in [2.05, 4.69) is 41.7 Å². The Kier molecular flexibility index (Phi) is 5.65. The van der Waals surface area contributed by atoms with Crippen LogP contribution in [0.15, 0.2) is 48.5 Å². The van der Waals surface area contributed by atoms with Crippen LogP contribution < -0.4 is 5.32 Å². The molecule has 2 N–H and O–H groups in total. The Bertz CT molecular complexity index is 950. The minimum absolute atomic E-state index is 0.0703. The Morgan fingerprint density at radius 3 is 2.69 bits per heavy atom. The van der Waals surface area contributed by atoms with Gasteiger partial charge >= 0.3 is 11.8 Å². The molecule has 0 radical (unpaired) electrons. The summed E-state index contributed by atoms with van der Waals surface area (Å²) in [6.07, 6.45) is 3.03. The van der Waals surface area contributed by atoms with E-state index in [4.69, 9.17) is 0 Å². The number of likely N-dealkylation sites (tertiary alicyclic amines) is 1. The molecule has 2 atom stereocenters. The van der Waals surface area contributed by atoms with Crippen LogP contribution >= 0.6 is 0 Å². The minimum Gasteiger partial charge on any atom is -0.392 e. The van der Waals surface area contributed by atoms with E-state index in [-0.39, 0.29) is 12.1 Å². The standard InChI is InChI=1S/C23H27N3O3/c1-25-15-19(27)13-18(25)14-24-22(28)23(29)26-11-9-17(10-12-26)21-8-4-6-16-5-2-3-7-20(16)21/h2-9,18-19,27H,10-15H2,1H3,(H,24,28). The normalized spacial score (nSPS) is 22.6. The van der Waals surface area contributed by atoms with Crippen LogP contribution in [0.4, 0.5) is 0 Å². The summed E-state index contributed by atoms with van der Waals surface area (Å²) in [4.78, 5) is 28.4. The molecule has 0 aliphatic carbocycles. The Balaban J connectivity index is 1.37. The number of rotatable bonds is 3. The van der Waals surface area contributed by atoms with Crippen LogP contribution in [-0.4, -0.2) is 72.1 Å². The van der Waals surface area contributed by atoms with E-state index >= 15 is 0 Å². The molecule has 1 saturated heterocycles. The summed E-state index contributed by atoms with van der Waals surface area (Å²) in [5.74, 6) is -1.05. The van der Waals surface area contributed by atoms with Gasteiger partial charge in [0.25, 0.3) is 0 Å². The molecule has 2 amide bonds. The number of amides is 2. The first-order valence-corrected chi connectivity index (χ1v) is 10.2. The molecule has 0 saturated carbocycles. The first-order chi connectivity index (χ1) is 14.0. The molecular weight excluding hydrogens is 366 g/mol. The molecule has 6 heteroatoms. The fourth-order valence-electron chi connectivity index (χ4n) is 4.32. The number of carbonyl (C=O) groups is 2. The lowest BCUT2D eigenvalue weighted by Gasteiger charge is -2.27. The summed E-state index contributed by atoms with van der Waals surface area (Å²) in [5.41, 5.74) is 2.41. The second-order valence-electron chi connectivity index (χ2n) is 7.95. The van der Waals surface area contributed by atoms with Crippen molar-refractivity contribution in [2.24, 2.45) is 0 Å². The number of aliphatic hydroxyl groups is 1. The van der Waals surface area contributed by atoms with Gasteiger partial charge in [-0.05, 0) is 41.8 Å².